The number of hydrogen-bond donors (Lipinski definition) is 0. The quantitative estimate of drug-likeness (QED) is 0.257. The Kier molecular flexibility index (Phi) is 5.44. The van der Waals surface area contributed by atoms with Crippen molar-refractivity contribution in [3.63, 3.8) is 0 Å². The van der Waals surface area contributed by atoms with Crippen LogP contribution in [0.4, 0.5) is 5.69 Å². The lowest BCUT2D eigenvalue weighted by molar-refractivity contribution is -0.384. The van der Waals surface area contributed by atoms with E-state index < -0.39 is 16.3 Å². The van der Waals surface area contributed by atoms with Gasteiger partial charge >= 0.3 is 5.97 Å². The first kappa shape index (κ1) is 20.2. The molecule has 142 valence electrons. The number of allylic oxidation sites excluding steroid dienone is 4. The summed E-state index contributed by atoms with van der Waals surface area (Å²) in [6.45, 7) is 8.23. The number of nitrogens with zero attached hydrogens (tertiary/aromatic N) is 1. The zero-order chi connectivity index (χ0) is 20.5. The van der Waals surface area contributed by atoms with E-state index in [0.29, 0.717) is 22.3 Å². The average molecular weight is 371 g/mol. The molecule has 1 aliphatic rings. The van der Waals surface area contributed by atoms with E-state index in [1.165, 1.54) is 24.3 Å². The van der Waals surface area contributed by atoms with E-state index in [4.69, 9.17) is 4.74 Å². The fourth-order valence-electron chi connectivity index (χ4n) is 3.16. The van der Waals surface area contributed by atoms with Crippen molar-refractivity contribution in [1.82, 2.24) is 0 Å². The number of carbonyl (C=O) groups is 3. The number of esters is 1. The van der Waals surface area contributed by atoms with Gasteiger partial charge in [0.25, 0.3) is 5.69 Å². The minimum absolute atomic E-state index is 0.111. The van der Waals surface area contributed by atoms with Crippen molar-refractivity contribution < 1.29 is 24.0 Å². The lowest BCUT2D eigenvalue weighted by Crippen LogP contribution is -2.32. The first-order chi connectivity index (χ1) is 12.5. The highest BCUT2D eigenvalue weighted by Crippen LogP contribution is 2.39. The molecule has 0 bridgehead atoms. The number of Topliss-reactive ketones (excluding diaryl/α,β-unsaturated/α-hetero) is 2. The van der Waals surface area contributed by atoms with Gasteiger partial charge in [-0.25, -0.2) is 0 Å². The third-order valence-electron chi connectivity index (χ3n) is 4.73. The zero-order valence-electron chi connectivity index (χ0n) is 15.9. The number of carbonyl (C=O) groups excluding carboxylic acids is 3. The summed E-state index contributed by atoms with van der Waals surface area (Å²) in [5.41, 5.74) is 0.451. The first-order valence-corrected chi connectivity index (χ1v) is 8.39. The molecule has 0 fully saturated rings. The summed E-state index contributed by atoms with van der Waals surface area (Å²) in [6.07, 6.45) is -0.123. The van der Waals surface area contributed by atoms with E-state index in [2.05, 4.69) is 0 Å². The van der Waals surface area contributed by atoms with Gasteiger partial charge in [-0.1, -0.05) is 13.8 Å². The number of ether oxygens (including phenoxy) is 1. The molecular formula is C20H21NO6. The van der Waals surface area contributed by atoms with E-state index in [-0.39, 0.29) is 29.4 Å². The molecule has 0 saturated heterocycles. The third-order valence-corrected chi connectivity index (χ3v) is 4.73. The van der Waals surface area contributed by atoms with Crippen molar-refractivity contribution in [3.05, 3.63) is 56.7 Å². The number of rotatable bonds is 5. The lowest BCUT2D eigenvalue weighted by atomic mass is 9.71. The van der Waals surface area contributed by atoms with Gasteiger partial charge in [-0.3, -0.25) is 24.5 Å². The number of nitro benzene ring substituents is 1. The maximum Gasteiger partial charge on any atom is 0.312 e. The Balaban J connectivity index is 2.20. The van der Waals surface area contributed by atoms with Crippen LogP contribution in [0.25, 0.3) is 0 Å². The van der Waals surface area contributed by atoms with Crippen LogP contribution in [-0.2, 0) is 14.4 Å². The molecule has 7 heteroatoms. The third kappa shape index (κ3) is 4.02. The molecule has 0 unspecified atom stereocenters. The summed E-state index contributed by atoms with van der Waals surface area (Å²) < 4.78 is 5.23. The number of hydrogen-bond acceptors (Lipinski definition) is 6. The molecule has 0 heterocycles. The average Bonchev–Trinajstić information content (AvgIpc) is 2.58. The highest BCUT2D eigenvalue weighted by Gasteiger charge is 2.38. The van der Waals surface area contributed by atoms with Crippen LogP contribution in [-0.4, -0.2) is 22.5 Å². The predicted molar refractivity (Wildman–Crippen MR) is 98.2 cm³/mol. The van der Waals surface area contributed by atoms with Crippen molar-refractivity contribution in [3.8, 4) is 5.75 Å². The topological polar surface area (TPSA) is 104 Å². The van der Waals surface area contributed by atoms with E-state index in [1.807, 2.05) is 0 Å². The van der Waals surface area contributed by atoms with Crippen molar-refractivity contribution in [2.24, 2.45) is 5.41 Å². The fraction of sp³-hybridized carbons (Fsp3) is 0.350. The van der Waals surface area contributed by atoms with Crippen molar-refractivity contribution in [2.45, 2.75) is 41.0 Å². The molecule has 0 aromatic heterocycles. The van der Waals surface area contributed by atoms with Crippen LogP contribution in [0.5, 0.6) is 5.75 Å². The highest BCUT2D eigenvalue weighted by atomic mass is 16.6. The first-order valence-electron chi connectivity index (χ1n) is 8.39. The summed E-state index contributed by atoms with van der Waals surface area (Å²) in [7, 11) is 0. The molecule has 0 amide bonds. The van der Waals surface area contributed by atoms with Crippen LogP contribution in [0.1, 0.15) is 41.0 Å². The van der Waals surface area contributed by atoms with Crippen LogP contribution in [0.15, 0.2) is 46.6 Å². The number of benzene rings is 1. The van der Waals surface area contributed by atoms with Gasteiger partial charge in [-0.15, -0.1) is 0 Å². The summed E-state index contributed by atoms with van der Waals surface area (Å²) in [5, 5.41) is 10.7. The zero-order valence-corrected chi connectivity index (χ0v) is 15.9. The molecular weight excluding hydrogens is 350 g/mol. The minimum Gasteiger partial charge on any atom is -0.426 e. The van der Waals surface area contributed by atoms with Crippen LogP contribution >= 0.6 is 0 Å². The lowest BCUT2D eigenvalue weighted by Gasteiger charge is -2.31. The molecule has 7 nitrogen and oxygen atoms in total. The van der Waals surface area contributed by atoms with Crippen molar-refractivity contribution in [1.29, 1.82) is 0 Å². The largest absolute Gasteiger partial charge is 0.426 e. The minimum atomic E-state index is -0.906. The second kappa shape index (κ2) is 7.26. The predicted octanol–water partition coefficient (Wildman–Crippen LogP) is 3.72. The van der Waals surface area contributed by atoms with Gasteiger partial charge in [0.2, 0.25) is 0 Å². The standard InChI is InChI=1S/C20H21NO6/c1-11-12(2)19(24)17(13(3)18(11)23)20(4,5)10-16(22)27-15-8-6-14(7-9-15)21(25)26/h6-9H,10H2,1-5H3. The van der Waals surface area contributed by atoms with E-state index in [9.17, 15) is 24.5 Å². The monoisotopic (exact) mass is 371 g/mol. The summed E-state index contributed by atoms with van der Waals surface area (Å²) >= 11 is 0. The van der Waals surface area contributed by atoms with Gasteiger partial charge in [0, 0.05) is 39.8 Å². The van der Waals surface area contributed by atoms with Crippen LogP contribution in [0.2, 0.25) is 0 Å². The van der Waals surface area contributed by atoms with Gasteiger partial charge in [-0.05, 0) is 32.9 Å². The maximum absolute atomic E-state index is 12.7. The maximum atomic E-state index is 12.7. The van der Waals surface area contributed by atoms with Gasteiger partial charge in [0.05, 0.1) is 11.3 Å². The van der Waals surface area contributed by atoms with Gasteiger partial charge in [0.1, 0.15) is 5.75 Å². The normalized spacial score (nSPS) is 15.3. The van der Waals surface area contributed by atoms with E-state index in [0.717, 1.165) is 0 Å². The molecule has 0 saturated carbocycles. The number of nitro groups is 1. The molecule has 0 aliphatic heterocycles. The van der Waals surface area contributed by atoms with Crippen LogP contribution in [0, 0.1) is 15.5 Å². The highest BCUT2D eigenvalue weighted by molar-refractivity contribution is 6.25. The van der Waals surface area contributed by atoms with Crippen molar-refractivity contribution >= 4 is 23.2 Å². The Morgan fingerprint density at radius 1 is 1.00 bits per heavy atom. The van der Waals surface area contributed by atoms with Crippen molar-refractivity contribution in [2.75, 3.05) is 0 Å². The Hall–Kier alpha value is -3.09. The smallest absolute Gasteiger partial charge is 0.312 e. The second-order valence-corrected chi connectivity index (χ2v) is 7.19. The second-order valence-electron chi connectivity index (χ2n) is 7.19. The molecule has 2 rings (SSSR count). The molecule has 0 atom stereocenters. The Labute approximate surface area is 156 Å². The molecule has 0 N–H and O–H groups in total. The fourth-order valence-corrected chi connectivity index (χ4v) is 3.16. The number of non-ortho nitro benzene ring substituents is 1. The van der Waals surface area contributed by atoms with Gasteiger partial charge < -0.3 is 4.74 Å². The number of ketones is 2. The Morgan fingerprint density at radius 2 is 1.52 bits per heavy atom. The Morgan fingerprint density at radius 3 is 2.04 bits per heavy atom. The molecule has 1 aliphatic carbocycles. The Bertz CT molecular complexity index is 903. The SMILES string of the molecule is CC1=C(C)C(=O)C(C(C)(C)CC(=O)Oc2ccc([N+](=O)[O-])cc2)=C(C)C1=O. The van der Waals surface area contributed by atoms with E-state index >= 15 is 0 Å². The van der Waals surface area contributed by atoms with Crippen LogP contribution in [0.3, 0.4) is 0 Å². The summed E-state index contributed by atoms with van der Waals surface area (Å²) in [4.78, 5) is 47.5. The van der Waals surface area contributed by atoms with Crippen LogP contribution < -0.4 is 4.74 Å². The summed E-state index contributed by atoms with van der Waals surface area (Å²) in [5.74, 6) is -0.861. The van der Waals surface area contributed by atoms with Gasteiger partial charge in [0.15, 0.2) is 11.6 Å². The van der Waals surface area contributed by atoms with E-state index in [1.54, 1.807) is 34.6 Å². The molecule has 27 heavy (non-hydrogen) atoms. The molecule has 0 spiro atoms. The van der Waals surface area contributed by atoms with Gasteiger partial charge in [-0.2, -0.15) is 0 Å². The summed E-state index contributed by atoms with van der Waals surface area (Å²) in [6, 6.07) is 5.14. The molecule has 0 radical (unpaired) electrons. The molecule has 1 aromatic rings. The molecule has 1 aromatic carbocycles.